The van der Waals surface area contributed by atoms with Gasteiger partial charge in [-0.1, -0.05) is 103 Å². The molecule has 1 heteroatoms. The van der Waals surface area contributed by atoms with Gasteiger partial charge in [0.15, 0.2) is 0 Å². The fourth-order valence-corrected chi connectivity index (χ4v) is 4.64. The first-order chi connectivity index (χ1) is 17.3. The maximum absolute atomic E-state index is 2.29. The van der Waals surface area contributed by atoms with Crippen LogP contribution in [0.1, 0.15) is 0 Å². The Balaban J connectivity index is 1.36. The van der Waals surface area contributed by atoms with Crippen molar-refractivity contribution in [3.05, 3.63) is 152 Å². The molecule has 0 aromatic heterocycles. The van der Waals surface area contributed by atoms with Crippen LogP contribution in [0.25, 0.3) is 33.0 Å². The van der Waals surface area contributed by atoms with Crippen LogP contribution in [0, 0.1) is 0 Å². The van der Waals surface area contributed by atoms with Gasteiger partial charge in [-0.15, -0.1) is 0 Å². The summed E-state index contributed by atoms with van der Waals surface area (Å²) in [5.41, 5.74) is 8.34. The molecule has 0 radical (unpaired) electrons. The molecule has 1 nitrogen and oxygen atoms in total. The topological polar surface area (TPSA) is 3.24 Å². The van der Waals surface area contributed by atoms with E-state index in [0.717, 1.165) is 17.1 Å². The Kier molecular flexibility index (Phi) is 5.58. The van der Waals surface area contributed by atoms with E-state index in [4.69, 9.17) is 0 Å². The van der Waals surface area contributed by atoms with Crippen molar-refractivity contribution >= 4 is 27.8 Å². The molecule has 0 saturated heterocycles. The summed E-state index contributed by atoms with van der Waals surface area (Å²) < 4.78 is 0. The third kappa shape index (κ3) is 4.32. The number of hydrogen-bond acceptors (Lipinski definition) is 1. The molecule has 0 N–H and O–H groups in total. The Labute approximate surface area is 206 Å². The van der Waals surface area contributed by atoms with E-state index < -0.39 is 0 Å². The minimum absolute atomic E-state index is 1.14. The number of benzene rings is 6. The summed E-state index contributed by atoms with van der Waals surface area (Å²) in [6.45, 7) is 0. The normalized spacial score (nSPS) is 10.9. The lowest BCUT2D eigenvalue weighted by Crippen LogP contribution is -2.09. The summed E-state index contributed by atoms with van der Waals surface area (Å²) in [6.07, 6.45) is 0. The van der Waals surface area contributed by atoms with Crippen LogP contribution in [0.3, 0.4) is 0 Å². The zero-order valence-corrected chi connectivity index (χ0v) is 19.4. The highest BCUT2D eigenvalue weighted by atomic mass is 15.1. The van der Waals surface area contributed by atoms with Crippen molar-refractivity contribution in [1.82, 2.24) is 0 Å². The Morgan fingerprint density at radius 3 is 1.20 bits per heavy atom. The van der Waals surface area contributed by atoms with E-state index in [1.165, 1.54) is 33.0 Å². The molecule has 0 aliphatic rings. The zero-order valence-electron chi connectivity index (χ0n) is 19.4. The largest absolute Gasteiger partial charge is 0.311 e. The molecule has 0 bridgehead atoms. The smallest absolute Gasteiger partial charge is 0.0462 e. The van der Waals surface area contributed by atoms with Gasteiger partial charge >= 0.3 is 0 Å². The van der Waals surface area contributed by atoms with Crippen LogP contribution in [0.4, 0.5) is 17.1 Å². The Morgan fingerprint density at radius 1 is 0.286 bits per heavy atom. The summed E-state index contributed by atoms with van der Waals surface area (Å²) in [6, 6.07) is 53.9. The second-order valence-corrected chi connectivity index (χ2v) is 8.70. The maximum atomic E-state index is 2.29. The summed E-state index contributed by atoms with van der Waals surface area (Å²) in [4.78, 5) is 2.29. The molecular formula is C34H25N. The molecule has 0 aliphatic heterocycles. The number of nitrogens with zero attached hydrogens (tertiary/aromatic N) is 1. The first-order valence-corrected chi connectivity index (χ1v) is 12.0. The van der Waals surface area contributed by atoms with Crippen molar-refractivity contribution < 1.29 is 0 Å². The van der Waals surface area contributed by atoms with Crippen molar-refractivity contribution in [3.8, 4) is 22.3 Å². The summed E-state index contributed by atoms with van der Waals surface area (Å²) in [5.74, 6) is 0. The molecular weight excluding hydrogens is 422 g/mol. The number of rotatable bonds is 5. The molecule has 0 aliphatic carbocycles. The van der Waals surface area contributed by atoms with Gasteiger partial charge in [0.05, 0.1) is 0 Å². The van der Waals surface area contributed by atoms with Gasteiger partial charge in [0.1, 0.15) is 0 Å². The van der Waals surface area contributed by atoms with Crippen LogP contribution in [0.2, 0.25) is 0 Å². The van der Waals surface area contributed by atoms with Gasteiger partial charge in [-0.2, -0.15) is 0 Å². The van der Waals surface area contributed by atoms with Gasteiger partial charge in [0.25, 0.3) is 0 Å². The first-order valence-electron chi connectivity index (χ1n) is 12.0. The van der Waals surface area contributed by atoms with Crippen molar-refractivity contribution in [3.63, 3.8) is 0 Å². The van der Waals surface area contributed by atoms with Gasteiger partial charge in [0, 0.05) is 17.1 Å². The molecule has 6 aromatic carbocycles. The molecule has 6 aromatic rings. The molecule has 0 saturated carbocycles. The molecule has 0 spiro atoms. The van der Waals surface area contributed by atoms with Crippen LogP contribution in [0.15, 0.2) is 152 Å². The van der Waals surface area contributed by atoms with Gasteiger partial charge in [0.2, 0.25) is 0 Å². The van der Waals surface area contributed by atoms with Crippen LogP contribution < -0.4 is 4.90 Å². The fraction of sp³-hybridized carbons (Fsp3) is 0. The number of anilines is 3. The van der Waals surface area contributed by atoms with E-state index in [-0.39, 0.29) is 0 Å². The second kappa shape index (κ2) is 9.32. The number of fused-ring (bicyclic) bond motifs is 1. The summed E-state index contributed by atoms with van der Waals surface area (Å²) >= 11 is 0. The molecule has 0 heterocycles. The number of para-hydroxylation sites is 2. The lowest BCUT2D eigenvalue weighted by Gasteiger charge is -2.25. The van der Waals surface area contributed by atoms with Crippen molar-refractivity contribution in [2.45, 2.75) is 0 Å². The van der Waals surface area contributed by atoms with E-state index >= 15 is 0 Å². The Morgan fingerprint density at radius 2 is 0.686 bits per heavy atom. The first kappa shape index (κ1) is 20.9. The highest BCUT2D eigenvalue weighted by molar-refractivity contribution is 5.91. The molecule has 0 amide bonds. The Bertz CT molecular complexity index is 1510. The quantitative estimate of drug-likeness (QED) is 0.254. The van der Waals surface area contributed by atoms with Crippen molar-refractivity contribution in [2.75, 3.05) is 4.90 Å². The molecule has 6 rings (SSSR count). The van der Waals surface area contributed by atoms with Crippen LogP contribution in [-0.4, -0.2) is 0 Å². The second-order valence-electron chi connectivity index (χ2n) is 8.70. The highest BCUT2D eigenvalue weighted by Gasteiger charge is 2.12. The van der Waals surface area contributed by atoms with Gasteiger partial charge < -0.3 is 4.90 Å². The predicted octanol–water partition coefficient (Wildman–Crippen LogP) is 9.64. The SMILES string of the molecule is c1ccc(-c2ccc3ccc(-c4ccc(N(c5ccccc5)c5ccccc5)cc4)cc3c2)cc1. The lowest BCUT2D eigenvalue weighted by atomic mass is 9.97. The van der Waals surface area contributed by atoms with E-state index in [9.17, 15) is 0 Å². The third-order valence-corrected chi connectivity index (χ3v) is 6.43. The van der Waals surface area contributed by atoms with Gasteiger partial charge in [-0.05, 0) is 81.6 Å². The van der Waals surface area contributed by atoms with Crippen molar-refractivity contribution in [2.24, 2.45) is 0 Å². The minimum Gasteiger partial charge on any atom is -0.311 e. The van der Waals surface area contributed by atoms with Crippen LogP contribution in [-0.2, 0) is 0 Å². The van der Waals surface area contributed by atoms with Gasteiger partial charge in [-0.3, -0.25) is 0 Å². The summed E-state index contributed by atoms with van der Waals surface area (Å²) in [5, 5.41) is 2.51. The van der Waals surface area contributed by atoms with Crippen molar-refractivity contribution in [1.29, 1.82) is 0 Å². The van der Waals surface area contributed by atoms with E-state index in [0.29, 0.717) is 0 Å². The molecule has 0 unspecified atom stereocenters. The Hall–Kier alpha value is -4.62. The lowest BCUT2D eigenvalue weighted by molar-refractivity contribution is 1.28. The highest BCUT2D eigenvalue weighted by Crippen LogP contribution is 2.36. The monoisotopic (exact) mass is 447 g/mol. The van der Waals surface area contributed by atoms with Crippen LogP contribution in [0.5, 0.6) is 0 Å². The molecule has 35 heavy (non-hydrogen) atoms. The van der Waals surface area contributed by atoms with Crippen LogP contribution >= 0.6 is 0 Å². The number of hydrogen-bond donors (Lipinski definition) is 0. The summed E-state index contributed by atoms with van der Waals surface area (Å²) in [7, 11) is 0. The molecule has 0 atom stereocenters. The zero-order chi connectivity index (χ0) is 23.5. The van der Waals surface area contributed by atoms with Gasteiger partial charge in [-0.25, -0.2) is 0 Å². The standard InChI is InChI=1S/C34H25N/c1-4-10-26(11-5-1)29-18-16-28-17-19-30(25-31(28)24-29)27-20-22-34(23-21-27)35(32-12-6-2-7-13-32)33-14-8-3-9-15-33/h1-25H. The molecule has 0 fully saturated rings. The molecule has 166 valence electrons. The van der Waals surface area contributed by atoms with E-state index in [1.807, 2.05) is 0 Å². The average molecular weight is 448 g/mol. The predicted molar refractivity (Wildman–Crippen MR) is 150 cm³/mol. The average Bonchev–Trinajstić information content (AvgIpc) is 2.95. The van der Waals surface area contributed by atoms with E-state index in [2.05, 4.69) is 157 Å². The maximum Gasteiger partial charge on any atom is 0.0462 e. The van der Waals surface area contributed by atoms with E-state index in [1.54, 1.807) is 0 Å². The minimum atomic E-state index is 1.14. The third-order valence-electron chi connectivity index (χ3n) is 6.43. The fourth-order valence-electron chi connectivity index (χ4n) is 4.64.